The molecule has 3 N–H and O–H groups in total. The number of benzene rings is 1. The van der Waals surface area contributed by atoms with Gasteiger partial charge in [-0.1, -0.05) is 23.4 Å². The smallest absolute Gasteiger partial charge is 0.151 e. The van der Waals surface area contributed by atoms with E-state index in [0.717, 1.165) is 10.2 Å². The first-order chi connectivity index (χ1) is 7.09. The Morgan fingerprint density at radius 2 is 2.33 bits per heavy atom. The number of amidine groups is 1. The fraction of sp³-hybridized carbons (Fsp3) is 0.222. The Balaban J connectivity index is 2.40. The van der Waals surface area contributed by atoms with E-state index in [1.807, 2.05) is 0 Å². The molecule has 0 atom stereocenters. The van der Waals surface area contributed by atoms with Crippen LogP contribution in [0.15, 0.2) is 22.7 Å². The molecule has 0 aliphatic rings. The maximum absolute atomic E-state index is 7.01. The number of hydrogen-bond donors (Lipinski definition) is 2. The SMILES string of the molecule is N=C(N)SCCOc1ccc(Cl)cc1Br. The summed E-state index contributed by atoms with van der Waals surface area (Å²) in [5, 5.41) is 7.77. The Kier molecular flexibility index (Phi) is 5.28. The minimum Gasteiger partial charge on any atom is -0.492 e. The molecule has 0 aromatic heterocycles. The zero-order chi connectivity index (χ0) is 11.3. The summed E-state index contributed by atoms with van der Waals surface area (Å²) < 4.78 is 6.29. The molecule has 0 saturated carbocycles. The number of ether oxygens (including phenoxy) is 1. The van der Waals surface area contributed by atoms with Crippen LogP contribution in [0.5, 0.6) is 5.75 Å². The highest BCUT2D eigenvalue weighted by Gasteiger charge is 2.01. The molecular weight excluding hydrogens is 300 g/mol. The van der Waals surface area contributed by atoms with E-state index < -0.39 is 0 Å². The minimum absolute atomic E-state index is 0.105. The molecule has 1 aromatic rings. The molecule has 0 spiro atoms. The Morgan fingerprint density at radius 3 is 2.93 bits per heavy atom. The van der Waals surface area contributed by atoms with Gasteiger partial charge in [0.05, 0.1) is 11.1 Å². The second-order valence-corrected chi connectivity index (χ2v) is 5.06. The maximum atomic E-state index is 7.01. The molecule has 0 saturated heterocycles. The van der Waals surface area contributed by atoms with Gasteiger partial charge in [-0.3, -0.25) is 5.41 Å². The molecule has 82 valence electrons. The standard InChI is InChI=1S/C9H10BrClN2OS/c10-7-5-6(11)1-2-8(7)14-3-4-15-9(12)13/h1-2,5H,3-4H2,(H3,12,13). The van der Waals surface area contributed by atoms with Crippen LogP contribution in [-0.4, -0.2) is 17.5 Å². The van der Waals surface area contributed by atoms with Crippen molar-refractivity contribution in [2.45, 2.75) is 0 Å². The predicted molar refractivity (Wildman–Crippen MR) is 69.0 cm³/mol. The van der Waals surface area contributed by atoms with Gasteiger partial charge in [-0.05, 0) is 34.1 Å². The third-order valence-electron chi connectivity index (χ3n) is 1.49. The molecule has 0 amide bonds. The van der Waals surface area contributed by atoms with E-state index in [-0.39, 0.29) is 5.17 Å². The third kappa shape index (κ3) is 4.77. The lowest BCUT2D eigenvalue weighted by molar-refractivity contribution is 0.342. The summed E-state index contributed by atoms with van der Waals surface area (Å²) in [6.07, 6.45) is 0. The summed E-state index contributed by atoms with van der Waals surface area (Å²) in [6.45, 7) is 0.504. The molecule has 0 aliphatic carbocycles. The Labute approximate surface area is 106 Å². The first-order valence-electron chi connectivity index (χ1n) is 4.14. The minimum atomic E-state index is 0.105. The molecule has 0 unspecified atom stereocenters. The molecule has 15 heavy (non-hydrogen) atoms. The van der Waals surface area contributed by atoms with Crippen LogP contribution in [0.3, 0.4) is 0 Å². The number of rotatable bonds is 4. The van der Waals surface area contributed by atoms with Crippen molar-refractivity contribution >= 4 is 44.5 Å². The van der Waals surface area contributed by atoms with Crippen LogP contribution >= 0.6 is 39.3 Å². The van der Waals surface area contributed by atoms with E-state index in [0.29, 0.717) is 17.4 Å². The van der Waals surface area contributed by atoms with Crippen molar-refractivity contribution in [3.63, 3.8) is 0 Å². The number of nitrogens with two attached hydrogens (primary N) is 1. The molecule has 0 radical (unpaired) electrons. The van der Waals surface area contributed by atoms with Crippen molar-refractivity contribution in [3.8, 4) is 5.75 Å². The van der Waals surface area contributed by atoms with Gasteiger partial charge in [-0.25, -0.2) is 0 Å². The first-order valence-corrected chi connectivity index (χ1v) is 6.30. The summed E-state index contributed by atoms with van der Waals surface area (Å²) in [5.41, 5.74) is 5.19. The van der Waals surface area contributed by atoms with Gasteiger partial charge in [0.15, 0.2) is 5.17 Å². The number of halogens is 2. The van der Waals surface area contributed by atoms with Crippen LogP contribution in [0.25, 0.3) is 0 Å². The highest BCUT2D eigenvalue weighted by molar-refractivity contribution is 9.10. The maximum Gasteiger partial charge on any atom is 0.151 e. The molecule has 1 rings (SSSR count). The van der Waals surface area contributed by atoms with Crippen molar-refractivity contribution in [2.75, 3.05) is 12.4 Å². The average molecular weight is 310 g/mol. The summed E-state index contributed by atoms with van der Waals surface area (Å²) in [4.78, 5) is 0. The molecule has 0 fully saturated rings. The van der Waals surface area contributed by atoms with Crippen molar-refractivity contribution < 1.29 is 4.74 Å². The molecule has 0 heterocycles. The van der Waals surface area contributed by atoms with Gasteiger partial charge in [0.1, 0.15) is 5.75 Å². The van der Waals surface area contributed by atoms with Gasteiger partial charge >= 0.3 is 0 Å². The topological polar surface area (TPSA) is 59.1 Å². The van der Waals surface area contributed by atoms with E-state index in [4.69, 9.17) is 27.5 Å². The van der Waals surface area contributed by atoms with E-state index in [9.17, 15) is 0 Å². The van der Waals surface area contributed by atoms with Gasteiger partial charge < -0.3 is 10.5 Å². The number of thioether (sulfide) groups is 1. The van der Waals surface area contributed by atoms with Gasteiger partial charge in [0, 0.05) is 10.8 Å². The van der Waals surface area contributed by atoms with Gasteiger partial charge in [0.2, 0.25) is 0 Å². The van der Waals surface area contributed by atoms with E-state index in [1.54, 1.807) is 18.2 Å². The van der Waals surface area contributed by atoms with Gasteiger partial charge in [0.25, 0.3) is 0 Å². The highest BCUT2D eigenvalue weighted by Crippen LogP contribution is 2.27. The second-order valence-electron chi connectivity index (χ2n) is 2.64. The summed E-state index contributed by atoms with van der Waals surface area (Å²) in [7, 11) is 0. The van der Waals surface area contributed by atoms with Crippen molar-refractivity contribution in [3.05, 3.63) is 27.7 Å². The quantitative estimate of drug-likeness (QED) is 0.510. The number of nitrogens with one attached hydrogen (secondary N) is 1. The fourth-order valence-corrected chi connectivity index (χ4v) is 2.08. The summed E-state index contributed by atoms with van der Waals surface area (Å²) in [6, 6.07) is 5.33. The monoisotopic (exact) mass is 308 g/mol. The van der Waals surface area contributed by atoms with Crippen LogP contribution in [-0.2, 0) is 0 Å². The Bertz CT molecular complexity index is 362. The van der Waals surface area contributed by atoms with Crippen molar-refractivity contribution in [1.82, 2.24) is 0 Å². The van der Waals surface area contributed by atoms with Crippen LogP contribution in [0.1, 0.15) is 0 Å². The lowest BCUT2D eigenvalue weighted by Crippen LogP contribution is -2.08. The van der Waals surface area contributed by atoms with Crippen LogP contribution in [0.4, 0.5) is 0 Å². The van der Waals surface area contributed by atoms with E-state index in [2.05, 4.69) is 15.9 Å². The lowest BCUT2D eigenvalue weighted by Gasteiger charge is -2.07. The molecule has 1 aromatic carbocycles. The molecule has 6 heteroatoms. The highest BCUT2D eigenvalue weighted by atomic mass is 79.9. The molecular formula is C9H10BrClN2OS. The Morgan fingerprint density at radius 1 is 1.60 bits per heavy atom. The molecule has 3 nitrogen and oxygen atoms in total. The van der Waals surface area contributed by atoms with E-state index >= 15 is 0 Å². The summed E-state index contributed by atoms with van der Waals surface area (Å²) >= 11 is 10.4. The van der Waals surface area contributed by atoms with Crippen LogP contribution in [0, 0.1) is 5.41 Å². The van der Waals surface area contributed by atoms with Crippen LogP contribution < -0.4 is 10.5 Å². The zero-order valence-corrected chi connectivity index (χ0v) is 11.0. The zero-order valence-electron chi connectivity index (χ0n) is 7.80. The lowest BCUT2D eigenvalue weighted by atomic mass is 10.3. The van der Waals surface area contributed by atoms with E-state index in [1.165, 1.54) is 11.8 Å². The summed E-state index contributed by atoms with van der Waals surface area (Å²) in [5.74, 6) is 1.40. The Hall–Kier alpha value is -0.390. The fourth-order valence-electron chi connectivity index (χ4n) is 0.896. The normalized spacial score (nSPS) is 10.0. The average Bonchev–Trinajstić information content (AvgIpc) is 2.14. The third-order valence-corrected chi connectivity index (χ3v) is 3.03. The van der Waals surface area contributed by atoms with Crippen molar-refractivity contribution in [2.24, 2.45) is 5.73 Å². The van der Waals surface area contributed by atoms with Gasteiger partial charge in [-0.2, -0.15) is 0 Å². The van der Waals surface area contributed by atoms with Crippen molar-refractivity contribution in [1.29, 1.82) is 5.41 Å². The first kappa shape index (κ1) is 12.7. The second kappa shape index (κ2) is 6.25. The van der Waals surface area contributed by atoms with Gasteiger partial charge in [-0.15, -0.1) is 0 Å². The molecule has 0 aliphatic heterocycles. The predicted octanol–water partition coefficient (Wildman–Crippen LogP) is 3.11. The molecule has 0 bridgehead atoms. The number of hydrogen-bond acceptors (Lipinski definition) is 3. The van der Waals surface area contributed by atoms with Crippen LogP contribution in [0.2, 0.25) is 5.02 Å². The largest absolute Gasteiger partial charge is 0.492 e.